The molecule has 2 rings (SSSR count). The molecule has 0 bridgehead atoms. The van der Waals surface area contributed by atoms with E-state index < -0.39 is 0 Å². The highest BCUT2D eigenvalue weighted by Gasteiger charge is 2.13. The van der Waals surface area contributed by atoms with Crippen LogP contribution < -0.4 is 10.1 Å². The average Bonchev–Trinajstić information content (AvgIpc) is 2.62. The van der Waals surface area contributed by atoms with Crippen molar-refractivity contribution in [3.05, 3.63) is 58.6 Å². The van der Waals surface area contributed by atoms with E-state index >= 15 is 0 Å². The molecule has 0 aliphatic heterocycles. The van der Waals surface area contributed by atoms with Crippen molar-refractivity contribution in [2.24, 2.45) is 0 Å². The van der Waals surface area contributed by atoms with Crippen LogP contribution in [0.15, 0.2) is 53.0 Å². The topological polar surface area (TPSA) is 58.6 Å². The highest BCUT2D eigenvalue weighted by atomic mass is 79.9. The number of carbonyl (C=O) groups is 2. The lowest BCUT2D eigenvalue weighted by molar-refractivity contribution is -0.133. The zero-order valence-electron chi connectivity index (χ0n) is 14.3. The number of methoxy groups -OCH3 is 1. The van der Waals surface area contributed by atoms with Gasteiger partial charge in [-0.3, -0.25) is 9.59 Å². The van der Waals surface area contributed by atoms with Crippen LogP contribution in [0.4, 0.5) is 5.69 Å². The van der Waals surface area contributed by atoms with Gasteiger partial charge in [0.25, 0.3) is 0 Å². The van der Waals surface area contributed by atoms with Crippen LogP contribution in [-0.4, -0.2) is 37.4 Å². The number of nitrogens with zero attached hydrogens (tertiary/aromatic N) is 1. The number of hydrogen-bond donors (Lipinski definition) is 1. The molecule has 2 aromatic rings. The number of halogens is 1. The van der Waals surface area contributed by atoms with Crippen molar-refractivity contribution in [3.63, 3.8) is 0 Å². The minimum atomic E-state index is -0.229. The lowest BCUT2D eigenvalue weighted by Crippen LogP contribution is -2.35. The van der Waals surface area contributed by atoms with Crippen LogP contribution in [0.25, 0.3) is 0 Å². The molecule has 0 fully saturated rings. The van der Waals surface area contributed by atoms with Crippen molar-refractivity contribution in [3.8, 4) is 5.75 Å². The van der Waals surface area contributed by atoms with E-state index in [-0.39, 0.29) is 18.4 Å². The highest BCUT2D eigenvalue weighted by Crippen LogP contribution is 2.21. The fourth-order valence-corrected chi connectivity index (χ4v) is 2.67. The second kappa shape index (κ2) is 9.22. The average molecular weight is 405 g/mol. The standard InChI is InChI=1S/C19H21BrN2O3/c1-22(13-18(23)21-17-6-4-3-5-16(17)20)19(24)12-9-14-7-10-15(25-2)11-8-14/h3-8,10-11H,9,12-13H2,1-2H3,(H,21,23). The van der Waals surface area contributed by atoms with Gasteiger partial charge < -0.3 is 15.0 Å². The van der Waals surface area contributed by atoms with E-state index in [1.165, 1.54) is 4.90 Å². The molecule has 6 heteroatoms. The minimum absolute atomic E-state index is 0.0166. The molecule has 132 valence electrons. The summed E-state index contributed by atoms with van der Waals surface area (Å²) in [4.78, 5) is 25.7. The maximum absolute atomic E-state index is 12.2. The van der Waals surface area contributed by atoms with Crippen LogP contribution >= 0.6 is 15.9 Å². The van der Waals surface area contributed by atoms with Crippen LogP contribution in [0.2, 0.25) is 0 Å². The van der Waals surface area contributed by atoms with Crippen molar-refractivity contribution in [1.82, 2.24) is 4.90 Å². The molecule has 25 heavy (non-hydrogen) atoms. The normalized spacial score (nSPS) is 10.2. The molecule has 0 saturated heterocycles. The number of amides is 2. The third-order valence-corrected chi connectivity index (χ3v) is 4.43. The minimum Gasteiger partial charge on any atom is -0.497 e. The Morgan fingerprint density at radius 2 is 1.80 bits per heavy atom. The van der Waals surface area contributed by atoms with E-state index in [4.69, 9.17) is 4.74 Å². The molecule has 0 aliphatic rings. The molecular weight excluding hydrogens is 384 g/mol. The van der Waals surface area contributed by atoms with Gasteiger partial charge in [-0.15, -0.1) is 0 Å². The number of nitrogens with one attached hydrogen (secondary N) is 1. The predicted octanol–water partition coefficient (Wildman–Crippen LogP) is 3.49. The van der Waals surface area contributed by atoms with Crippen LogP contribution in [0, 0.1) is 0 Å². The van der Waals surface area contributed by atoms with Crippen molar-refractivity contribution >= 4 is 33.4 Å². The van der Waals surface area contributed by atoms with Crippen molar-refractivity contribution in [2.75, 3.05) is 26.0 Å². The molecule has 0 heterocycles. The van der Waals surface area contributed by atoms with E-state index in [0.717, 1.165) is 15.8 Å². The molecule has 1 N–H and O–H groups in total. The molecule has 0 radical (unpaired) electrons. The fourth-order valence-electron chi connectivity index (χ4n) is 2.29. The lowest BCUT2D eigenvalue weighted by atomic mass is 10.1. The summed E-state index contributed by atoms with van der Waals surface area (Å²) in [5.74, 6) is 0.487. The van der Waals surface area contributed by atoms with E-state index in [0.29, 0.717) is 18.5 Å². The number of aryl methyl sites for hydroxylation is 1. The first-order valence-electron chi connectivity index (χ1n) is 7.91. The highest BCUT2D eigenvalue weighted by molar-refractivity contribution is 9.10. The summed E-state index contributed by atoms with van der Waals surface area (Å²) < 4.78 is 5.91. The van der Waals surface area contributed by atoms with Gasteiger partial charge in [0, 0.05) is 17.9 Å². The Morgan fingerprint density at radius 1 is 1.12 bits per heavy atom. The van der Waals surface area contributed by atoms with Gasteiger partial charge in [0.2, 0.25) is 11.8 Å². The van der Waals surface area contributed by atoms with E-state index in [1.54, 1.807) is 20.2 Å². The zero-order chi connectivity index (χ0) is 18.2. The summed E-state index contributed by atoms with van der Waals surface area (Å²) in [6.07, 6.45) is 0.976. The first kappa shape index (κ1) is 19.0. The summed E-state index contributed by atoms with van der Waals surface area (Å²) in [5, 5.41) is 2.79. The fraction of sp³-hybridized carbons (Fsp3) is 0.263. The number of benzene rings is 2. The molecule has 0 aliphatic carbocycles. The van der Waals surface area contributed by atoms with Crippen molar-refractivity contribution < 1.29 is 14.3 Å². The van der Waals surface area contributed by atoms with E-state index in [9.17, 15) is 9.59 Å². The number of anilines is 1. The maximum atomic E-state index is 12.2. The number of carbonyl (C=O) groups excluding carboxylic acids is 2. The van der Waals surface area contributed by atoms with Crippen LogP contribution in [-0.2, 0) is 16.0 Å². The quantitative estimate of drug-likeness (QED) is 0.768. The van der Waals surface area contributed by atoms with Gasteiger partial charge in [-0.05, 0) is 52.2 Å². The Morgan fingerprint density at radius 3 is 2.44 bits per heavy atom. The van der Waals surface area contributed by atoms with Gasteiger partial charge in [0.15, 0.2) is 0 Å². The molecule has 0 aromatic heterocycles. The Bertz CT molecular complexity index is 732. The maximum Gasteiger partial charge on any atom is 0.244 e. The number of likely N-dealkylation sites (N-methyl/N-ethyl adjacent to an activating group) is 1. The third kappa shape index (κ3) is 5.90. The summed E-state index contributed by atoms with van der Waals surface area (Å²) in [6, 6.07) is 15.0. The van der Waals surface area contributed by atoms with Crippen molar-refractivity contribution in [2.45, 2.75) is 12.8 Å². The number of rotatable bonds is 7. The second-order valence-corrected chi connectivity index (χ2v) is 6.48. The zero-order valence-corrected chi connectivity index (χ0v) is 15.9. The van der Waals surface area contributed by atoms with E-state index in [1.807, 2.05) is 42.5 Å². The van der Waals surface area contributed by atoms with Crippen LogP contribution in [0.5, 0.6) is 5.75 Å². The molecule has 0 spiro atoms. The SMILES string of the molecule is COc1ccc(CCC(=O)N(C)CC(=O)Nc2ccccc2Br)cc1. The van der Waals surface area contributed by atoms with Gasteiger partial charge in [0.1, 0.15) is 5.75 Å². The van der Waals surface area contributed by atoms with Gasteiger partial charge >= 0.3 is 0 Å². The molecule has 0 saturated carbocycles. The molecule has 0 atom stereocenters. The van der Waals surface area contributed by atoms with E-state index in [2.05, 4.69) is 21.2 Å². The number of para-hydroxylation sites is 1. The Balaban J connectivity index is 1.80. The number of hydrogen-bond acceptors (Lipinski definition) is 3. The van der Waals surface area contributed by atoms with Crippen molar-refractivity contribution in [1.29, 1.82) is 0 Å². The first-order chi connectivity index (χ1) is 12.0. The number of ether oxygens (including phenoxy) is 1. The van der Waals surface area contributed by atoms with Crippen LogP contribution in [0.3, 0.4) is 0 Å². The summed E-state index contributed by atoms with van der Waals surface area (Å²) in [5.41, 5.74) is 1.74. The molecular formula is C19H21BrN2O3. The second-order valence-electron chi connectivity index (χ2n) is 5.63. The molecule has 5 nitrogen and oxygen atoms in total. The largest absolute Gasteiger partial charge is 0.497 e. The summed E-state index contributed by atoms with van der Waals surface area (Å²) >= 11 is 3.38. The summed E-state index contributed by atoms with van der Waals surface area (Å²) in [6.45, 7) is 0.0166. The lowest BCUT2D eigenvalue weighted by Gasteiger charge is -2.17. The van der Waals surface area contributed by atoms with Gasteiger partial charge in [-0.1, -0.05) is 24.3 Å². The van der Waals surface area contributed by atoms with Gasteiger partial charge in [-0.25, -0.2) is 0 Å². The molecule has 2 amide bonds. The Kier molecular flexibility index (Phi) is 7.01. The monoisotopic (exact) mass is 404 g/mol. The molecule has 0 unspecified atom stereocenters. The third-order valence-electron chi connectivity index (χ3n) is 3.74. The predicted molar refractivity (Wildman–Crippen MR) is 102 cm³/mol. The Hall–Kier alpha value is -2.34. The van der Waals surface area contributed by atoms with Gasteiger partial charge in [0.05, 0.1) is 19.3 Å². The van der Waals surface area contributed by atoms with Gasteiger partial charge in [-0.2, -0.15) is 0 Å². The Labute approximate surface area is 156 Å². The van der Waals surface area contributed by atoms with Crippen LogP contribution in [0.1, 0.15) is 12.0 Å². The smallest absolute Gasteiger partial charge is 0.244 e. The summed E-state index contributed by atoms with van der Waals surface area (Å²) in [7, 11) is 3.25. The first-order valence-corrected chi connectivity index (χ1v) is 8.70. The molecule has 2 aromatic carbocycles.